The van der Waals surface area contributed by atoms with Gasteiger partial charge in [0, 0.05) is 4.83 Å². The molecular weight excluding hydrogens is 345 g/mol. The molecule has 2 aromatic carbocycles. The highest BCUT2D eigenvalue weighted by Gasteiger charge is 2.30. The molecule has 0 amide bonds. The number of hydrogen-bond acceptors (Lipinski definition) is 1. The first-order valence-corrected chi connectivity index (χ1v) is 7.26. The van der Waals surface area contributed by atoms with Crippen molar-refractivity contribution < 1.29 is 17.9 Å². The topological polar surface area (TPSA) is 9.23 Å². The van der Waals surface area contributed by atoms with Crippen LogP contribution in [0.25, 0.3) is 0 Å². The van der Waals surface area contributed by atoms with Gasteiger partial charge < -0.3 is 4.74 Å². The van der Waals surface area contributed by atoms with Crippen LogP contribution in [0.2, 0.25) is 0 Å². The van der Waals surface area contributed by atoms with Crippen LogP contribution < -0.4 is 4.74 Å². The first-order chi connectivity index (χ1) is 9.90. The summed E-state index contributed by atoms with van der Waals surface area (Å²) in [6.07, 6.45) is -3.63. The third kappa shape index (κ3) is 4.24. The Kier molecular flexibility index (Phi) is 4.93. The third-order valence-corrected chi connectivity index (χ3v) is 4.00. The van der Waals surface area contributed by atoms with Crippen molar-refractivity contribution in [1.29, 1.82) is 0 Å². The molecule has 0 aliphatic rings. The van der Waals surface area contributed by atoms with E-state index in [-0.39, 0.29) is 4.83 Å². The summed E-state index contributed by atoms with van der Waals surface area (Å²) in [5.41, 5.74) is 1.23. The molecule has 0 aliphatic carbocycles. The Hall–Kier alpha value is -1.49. The van der Waals surface area contributed by atoms with Gasteiger partial charge in [-0.05, 0) is 41.8 Å². The molecule has 0 N–H and O–H groups in total. The molecule has 0 aromatic heterocycles. The molecule has 1 atom stereocenters. The van der Waals surface area contributed by atoms with Gasteiger partial charge in [0.05, 0.1) is 12.7 Å². The Balaban J connectivity index is 2.11. The van der Waals surface area contributed by atoms with Gasteiger partial charge in [-0.1, -0.05) is 40.2 Å². The highest BCUT2D eigenvalue weighted by atomic mass is 79.9. The van der Waals surface area contributed by atoms with Crippen molar-refractivity contribution in [3.05, 3.63) is 65.2 Å². The summed E-state index contributed by atoms with van der Waals surface area (Å²) in [6, 6.07) is 12.8. The van der Waals surface area contributed by atoms with E-state index in [4.69, 9.17) is 4.74 Å². The van der Waals surface area contributed by atoms with E-state index in [9.17, 15) is 13.2 Å². The van der Waals surface area contributed by atoms with E-state index in [1.807, 2.05) is 24.3 Å². The fourth-order valence-electron chi connectivity index (χ4n) is 2.01. The molecule has 2 aromatic rings. The van der Waals surface area contributed by atoms with Crippen LogP contribution in [0.15, 0.2) is 48.5 Å². The zero-order valence-corrected chi connectivity index (χ0v) is 12.9. The summed E-state index contributed by atoms with van der Waals surface area (Å²) in [5, 5.41) is 0. The molecule has 0 saturated heterocycles. The Morgan fingerprint density at radius 3 is 2.33 bits per heavy atom. The zero-order chi connectivity index (χ0) is 15.5. The van der Waals surface area contributed by atoms with Gasteiger partial charge in [-0.25, -0.2) is 0 Å². The van der Waals surface area contributed by atoms with Crippen molar-refractivity contribution in [2.75, 3.05) is 7.11 Å². The lowest BCUT2D eigenvalue weighted by Gasteiger charge is -2.13. The molecule has 0 saturated carbocycles. The largest absolute Gasteiger partial charge is 0.497 e. The maximum absolute atomic E-state index is 12.5. The molecule has 0 aliphatic heterocycles. The van der Waals surface area contributed by atoms with Crippen LogP contribution in [-0.4, -0.2) is 7.11 Å². The van der Waals surface area contributed by atoms with Gasteiger partial charge in [0.2, 0.25) is 0 Å². The average Bonchev–Trinajstić information content (AvgIpc) is 2.46. The fourth-order valence-corrected chi connectivity index (χ4v) is 2.68. The minimum absolute atomic E-state index is 0.0492. The molecule has 1 nitrogen and oxygen atoms in total. The summed E-state index contributed by atoms with van der Waals surface area (Å²) in [7, 11) is 1.60. The van der Waals surface area contributed by atoms with Crippen LogP contribution in [0.3, 0.4) is 0 Å². The second kappa shape index (κ2) is 6.52. The molecular formula is C16H14BrF3O. The minimum atomic E-state index is -4.30. The summed E-state index contributed by atoms with van der Waals surface area (Å²) >= 11 is 3.52. The lowest BCUT2D eigenvalue weighted by Crippen LogP contribution is -2.05. The van der Waals surface area contributed by atoms with E-state index in [1.165, 1.54) is 12.1 Å². The smallest absolute Gasteiger partial charge is 0.416 e. The number of halogens is 4. The first kappa shape index (κ1) is 15.9. The maximum Gasteiger partial charge on any atom is 0.416 e. The molecule has 0 bridgehead atoms. The quantitative estimate of drug-likeness (QED) is 0.665. The third-order valence-electron chi connectivity index (χ3n) is 3.15. The summed E-state index contributed by atoms with van der Waals surface area (Å²) in [6.45, 7) is 0. The van der Waals surface area contributed by atoms with Crippen LogP contribution in [0.5, 0.6) is 5.75 Å². The van der Waals surface area contributed by atoms with E-state index >= 15 is 0 Å². The predicted octanol–water partition coefficient (Wildman–Crippen LogP) is 5.39. The standard InChI is InChI=1S/C16H14BrF3O/c1-21-14-4-2-3-11(9-14)10-15(17)12-5-7-13(8-6-12)16(18,19)20/h2-9,15H,10H2,1H3. The van der Waals surface area contributed by atoms with Crippen LogP contribution >= 0.6 is 15.9 Å². The Bertz CT molecular complexity index is 593. The number of hydrogen-bond donors (Lipinski definition) is 0. The van der Waals surface area contributed by atoms with Gasteiger partial charge in [0.25, 0.3) is 0 Å². The molecule has 112 valence electrons. The molecule has 0 spiro atoms. The number of rotatable bonds is 4. The van der Waals surface area contributed by atoms with Crippen LogP contribution in [0.1, 0.15) is 21.5 Å². The van der Waals surface area contributed by atoms with E-state index in [2.05, 4.69) is 15.9 Å². The monoisotopic (exact) mass is 358 g/mol. The molecule has 0 heterocycles. The second-order valence-corrected chi connectivity index (χ2v) is 5.75. The molecule has 5 heteroatoms. The zero-order valence-electron chi connectivity index (χ0n) is 11.3. The normalized spacial score (nSPS) is 13.0. The average molecular weight is 359 g/mol. The van der Waals surface area contributed by atoms with Crippen molar-refractivity contribution in [2.45, 2.75) is 17.4 Å². The molecule has 1 unspecified atom stereocenters. The van der Waals surface area contributed by atoms with Crippen molar-refractivity contribution in [3.8, 4) is 5.75 Å². The highest BCUT2D eigenvalue weighted by Crippen LogP contribution is 2.32. The number of benzene rings is 2. The van der Waals surface area contributed by atoms with Gasteiger partial charge in [-0.2, -0.15) is 13.2 Å². The van der Waals surface area contributed by atoms with Crippen molar-refractivity contribution >= 4 is 15.9 Å². The summed E-state index contributed by atoms with van der Waals surface area (Å²) in [5.74, 6) is 0.764. The number of alkyl halides is 4. The van der Waals surface area contributed by atoms with Gasteiger partial charge in [-0.3, -0.25) is 0 Å². The fraction of sp³-hybridized carbons (Fsp3) is 0.250. The molecule has 0 radical (unpaired) electrons. The van der Waals surface area contributed by atoms with Crippen molar-refractivity contribution in [1.82, 2.24) is 0 Å². The van der Waals surface area contributed by atoms with E-state index in [0.29, 0.717) is 6.42 Å². The lowest BCUT2D eigenvalue weighted by molar-refractivity contribution is -0.137. The summed E-state index contributed by atoms with van der Waals surface area (Å²) in [4.78, 5) is -0.0492. The second-order valence-electron chi connectivity index (χ2n) is 4.64. The lowest BCUT2D eigenvalue weighted by atomic mass is 10.0. The van der Waals surface area contributed by atoms with Crippen LogP contribution in [0.4, 0.5) is 13.2 Å². The molecule has 2 rings (SSSR count). The van der Waals surface area contributed by atoms with E-state index in [0.717, 1.165) is 29.0 Å². The van der Waals surface area contributed by atoms with Gasteiger partial charge in [0.15, 0.2) is 0 Å². The Morgan fingerprint density at radius 2 is 1.76 bits per heavy atom. The van der Waals surface area contributed by atoms with Crippen LogP contribution in [-0.2, 0) is 12.6 Å². The minimum Gasteiger partial charge on any atom is -0.497 e. The van der Waals surface area contributed by atoms with Crippen molar-refractivity contribution in [2.24, 2.45) is 0 Å². The Labute approximate surface area is 129 Å². The van der Waals surface area contributed by atoms with Gasteiger partial charge >= 0.3 is 6.18 Å². The van der Waals surface area contributed by atoms with Crippen molar-refractivity contribution in [3.63, 3.8) is 0 Å². The Morgan fingerprint density at radius 1 is 1.10 bits per heavy atom. The predicted molar refractivity (Wildman–Crippen MR) is 79.8 cm³/mol. The van der Waals surface area contributed by atoms with Gasteiger partial charge in [-0.15, -0.1) is 0 Å². The number of methoxy groups -OCH3 is 1. The van der Waals surface area contributed by atoms with E-state index < -0.39 is 11.7 Å². The highest BCUT2D eigenvalue weighted by molar-refractivity contribution is 9.09. The maximum atomic E-state index is 12.5. The molecule has 0 fully saturated rings. The summed E-state index contributed by atoms with van der Waals surface area (Å²) < 4.78 is 42.7. The first-order valence-electron chi connectivity index (χ1n) is 6.34. The SMILES string of the molecule is COc1cccc(CC(Br)c2ccc(C(F)(F)F)cc2)c1. The number of ether oxygens (including phenoxy) is 1. The van der Waals surface area contributed by atoms with E-state index in [1.54, 1.807) is 7.11 Å². The molecule has 21 heavy (non-hydrogen) atoms. The van der Waals surface area contributed by atoms with Crippen LogP contribution in [0, 0.1) is 0 Å². The van der Waals surface area contributed by atoms with Gasteiger partial charge in [0.1, 0.15) is 5.75 Å².